The van der Waals surface area contributed by atoms with E-state index < -0.39 is 26.2 Å². The first-order valence-electron chi connectivity index (χ1n) is 14.1. The largest absolute Gasteiger partial charge is 0.497 e. The SMILES string of the molecule is COc1ccc(CN(Cc2ccc(OC)cc2)S(=O)(=O)c2ccc(OCC3(C=O)OCCc4cc(Cl)ccc43)c([N+](=O)[O-])c2)cc1. The molecule has 0 saturated heterocycles. The number of methoxy groups -OCH3 is 2. The van der Waals surface area contributed by atoms with Gasteiger partial charge in [-0.15, -0.1) is 0 Å². The van der Waals surface area contributed by atoms with Crippen LogP contribution in [0.4, 0.5) is 5.69 Å². The van der Waals surface area contributed by atoms with Gasteiger partial charge in [0, 0.05) is 24.2 Å². The quantitative estimate of drug-likeness (QED) is 0.100. The van der Waals surface area contributed by atoms with Gasteiger partial charge in [-0.1, -0.05) is 41.9 Å². The number of nitro groups is 1. The summed E-state index contributed by atoms with van der Waals surface area (Å²) >= 11 is 6.13. The van der Waals surface area contributed by atoms with E-state index in [0.717, 1.165) is 11.6 Å². The minimum absolute atomic E-state index is 0.0208. The van der Waals surface area contributed by atoms with Gasteiger partial charge < -0.3 is 18.9 Å². The maximum Gasteiger partial charge on any atom is 0.312 e. The molecule has 0 fully saturated rings. The number of carbonyl (C=O) groups is 1. The lowest BCUT2D eigenvalue weighted by Crippen LogP contribution is -2.42. The summed E-state index contributed by atoms with van der Waals surface area (Å²) in [7, 11) is -1.21. The van der Waals surface area contributed by atoms with E-state index in [0.29, 0.717) is 45.9 Å². The molecular formula is C33H31ClN2O9S. The number of halogens is 1. The van der Waals surface area contributed by atoms with E-state index in [1.807, 2.05) is 0 Å². The molecule has 0 aliphatic carbocycles. The third kappa shape index (κ3) is 7.00. The minimum Gasteiger partial charge on any atom is -0.497 e. The van der Waals surface area contributed by atoms with Crippen molar-refractivity contribution in [3.05, 3.63) is 122 Å². The average molecular weight is 667 g/mol. The van der Waals surface area contributed by atoms with Crippen LogP contribution in [0.3, 0.4) is 0 Å². The molecule has 0 N–H and O–H groups in total. The molecule has 4 aromatic carbocycles. The highest BCUT2D eigenvalue weighted by Gasteiger charge is 2.40. The van der Waals surface area contributed by atoms with E-state index in [1.165, 1.54) is 30.7 Å². The first-order chi connectivity index (χ1) is 22.1. The van der Waals surface area contributed by atoms with E-state index in [1.54, 1.807) is 66.7 Å². The van der Waals surface area contributed by atoms with Gasteiger partial charge in [-0.05, 0) is 77.2 Å². The number of fused-ring (bicyclic) bond motifs is 1. The lowest BCUT2D eigenvalue weighted by atomic mass is 9.88. The highest BCUT2D eigenvalue weighted by atomic mass is 35.5. The van der Waals surface area contributed by atoms with Gasteiger partial charge in [-0.25, -0.2) is 8.42 Å². The van der Waals surface area contributed by atoms with Crippen LogP contribution >= 0.6 is 11.6 Å². The smallest absolute Gasteiger partial charge is 0.312 e. The highest BCUT2D eigenvalue weighted by molar-refractivity contribution is 7.89. The number of rotatable bonds is 13. The Bertz CT molecular complexity index is 1780. The summed E-state index contributed by atoms with van der Waals surface area (Å²) < 4.78 is 51.5. The molecule has 1 unspecified atom stereocenters. The zero-order valence-corrected chi connectivity index (χ0v) is 26.6. The molecule has 0 aromatic heterocycles. The lowest BCUT2D eigenvalue weighted by Gasteiger charge is -2.34. The number of nitrogens with zero attached hydrogens (tertiary/aromatic N) is 2. The summed E-state index contributed by atoms with van der Waals surface area (Å²) in [5, 5.41) is 12.7. The molecule has 1 heterocycles. The number of nitro benzene ring substituents is 1. The van der Waals surface area contributed by atoms with Gasteiger partial charge in [0.1, 0.15) is 18.1 Å². The van der Waals surface area contributed by atoms with Crippen molar-refractivity contribution in [2.24, 2.45) is 0 Å². The van der Waals surface area contributed by atoms with E-state index in [9.17, 15) is 23.3 Å². The summed E-state index contributed by atoms with van der Waals surface area (Å²) in [5.74, 6) is 1.01. The van der Waals surface area contributed by atoms with Crippen molar-refractivity contribution in [2.75, 3.05) is 27.4 Å². The van der Waals surface area contributed by atoms with Gasteiger partial charge in [0.05, 0.1) is 30.6 Å². The first-order valence-corrected chi connectivity index (χ1v) is 16.0. The maximum absolute atomic E-state index is 14.1. The van der Waals surface area contributed by atoms with Gasteiger partial charge in [-0.2, -0.15) is 4.31 Å². The number of ether oxygens (including phenoxy) is 4. The maximum atomic E-state index is 14.1. The molecule has 0 radical (unpaired) electrons. The molecule has 0 saturated carbocycles. The predicted molar refractivity (Wildman–Crippen MR) is 170 cm³/mol. The molecule has 0 spiro atoms. The van der Waals surface area contributed by atoms with Crippen molar-refractivity contribution in [2.45, 2.75) is 30.0 Å². The van der Waals surface area contributed by atoms with Crippen LogP contribution in [0.5, 0.6) is 17.2 Å². The van der Waals surface area contributed by atoms with Gasteiger partial charge in [0.2, 0.25) is 10.0 Å². The van der Waals surface area contributed by atoms with Crippen LogP contribution in [0, 0.1) is 10.1 Å². The summed E-state index contributed by atoms with van der Waals surface area (Å²) in [6.45, 7) is -0.202. The fraction of sp³-hybridized carbons (Fsp3) is 0.242. The van der Waals surface area contributed by atoms with Crippen molar-refractivity contribution >= 4 is 33.6 Å². The second-order valence-electron chi connectivity index (χ2n) is 10.6. The molecule has 46 heavy (non-hydrogen) atoms. The van der Waals surface area contributed by atoms with Crippen LogP contribution in [0.2, 0.25) is 5.02 Å². The average Bonchev–Trinajstić information content (AvgIpc) is 3.07. The molecular weight excluding hydrogens is 636 g/mol. The lowest BCUT2D eigenvalue weighted by molar-refractivity contribution is -0.386. The van der Waals surface area contributed by atoms with E-state index in [4.69, 9.17) is 30.5 Å². The Morgan fingerprint density at radius 3 is 2.09 bits per heavy atom. The van der Waals surface area contributed by atoms with E-state index in [-0.39, 0.29) is 36.9 Å². The Labute approximate surface area is 271 Å². The number of carbonyl (C=O) groups excluding carboxylic acids is 1. The monoisotopic (exact) mass is 666 g/mol. The minimum atomic E-state index is -4.28. The first kappa shape index (κ1) is 32.9. The second-order valence-corrected chi connectivity index (χ2v) is 12.9. The molecule has 240 valence electrons. The molecule has 1 aliphatic rings. The zero-order valence-electron chi connectivity index (χ0n) is 25.1. The van der Waals surface area contributed by atoms with Crippen molar-refractivity contribution in [1.29, 1.82) is 0 Å². The van der Waals surface area contributed by atoms with Gasteiger partial charge >= 0.3 is 5.69 Å². The Hall–Kier alpha value is -4.49. The normalized spacial score (nSPS) is 16.0. The third-order valence-electron chi connectivity index (χ3n) is 7.69. The predicted octanol–water partition coefficient (Wildman–Crippen LogP) is 5.70. The molecule has 0 bridgehead atoms. The van der Waals surface area contributed by atoms with Crippen LogP contribution in [-0.2, 0) is 44.7 Å². The fourth-order valence-corrected chi connectivity index (χ4v) is 6.84. The molecule has 13 heteroatoms. The molecule has 5 rings (SSSR count). The highest BCUT2D eigenvalue weighted by Crippen LogP contribution is 2.37. The van der Waals surface area contributed by atoms with Crippen LogP contribution < -0.4 is 14.2 Å². The van der Waals surface area contributed by atoms with Crippen LogP contribution in [0.15, 0.2) is 89.8 Å². The van der Waals surface area contributed by atoms with E-state index in [2.05, 4.69) is 0 Å². The molecule has 11 nitrogen and oxygen atoms in total. The Kier molecular flexibility index (Phi) is 9.92. The summed E-state index contributed by atoms with van der Waals surface area (Å²) in [6, 6.07) is 22.3. The van der Waals surface area contributed by atoms with Gasteiger partial charge in [0.25, 0.3) is 0 Å². The van der Waals surface area contributed by atoms with Crippen molar-refractivity contribution in [1.82, 2.24) is 4.31 Å². The fourth-order valence-electron chi connectivity index (χ4n) is 5.21. The number of hydrogen-bond donors (Lipinski definition) is 0. The van der Waals surface area contributed by atoms with Crippen LogP contribution in [0.25, 0.3) is 0 Å². The topological polar surface area (TPSA) is 135 Å². The van der Waals surface area contributed by atoms with Crippen molar-refractivity contribution in [3.8, 4) is 17.2 Å². The van der Waals surface area contributed by atoms with Crippen molar-refractivity contribution in [3.63, 3.8) is 0 Å². The summed E-state index contributed by atoms with van der Waals surface area (Å²) in [6.07, 6.45) is 1.13. The molecule has 4 aromatic rings. The van der Waals surface area contributed by atoms with Gasteiger partial charge in [0.15, 0.2) is 17.6 Å². The van der Waals surface area contributed by atoms with Crippen LogP contribution in [-0.4, -0.2) is 51.4 Å². The zero-order chi connectivity index (χ0) is 32.9. The second kappa shape index (κ2) is 13.9. The number of aldehydes is 1. The van der Waals surface area contributed by atoms with Crippen molar-refractivity contribution < 1.29 is 37.1 Å². The molecule has 0 amide bonds. The molecule has 1 atom stereocenters. The Morgan fingerprint density at radius 2 is 1.54 bits per heavy atom. The molecule has 1 aliphatic heterocycles. The Morgan fingerprint density at radius 1 is 0.935 bits per heavy atom. The number of hydrogen-bond acceptors (Lipinski definition) is 9. The van der Waals surface area contributed by atoms with Crippen LogP contribution in [0.1, 0.15) is 22.3 Å². The van der Waals surface area contributed by atoms with E-state index >= 15 is 0 Å². The standard InChI is InChI=1S/C33H31ClN2O9S/c1-42-27-8-3-23(4-9-27)19-35(20-24-5-10-28(43-2)11-6-24)46(40,41)29-12-14-32(31(18-29)36(38)39)44-22-33(21-37)30-13-7-26(34)17-25(30)15-16-45-33/h3-14,17-18,21H,15-16,19-20,22H2,1-2H3. The Balaban J connectivity index is 1.46. The van der Waals surface area contributed by atoms with Gasteiger partial charge in [-0.3, -0.25) is 14.9 Å². The third-order valence-corrected chi connectivity index (χ3v) is 9.71. The number of benzene rings is 4. The summed E-state index contributed by atoms with van der Waals surface area (Å²) in [4.78, 5) is 23.5. The number of sulfonamides is 1. The summed E-state index contributed by atoms with van der Waals surface area (Å²) in [5.41, 5.74) is 0.612.